The monoisotopic (exact) mass is 311 g/mol. The highest BCUT2D eigenvalue weighted by atomic mass is 32.2. The topological polar surface area (TPSA) is 62.6 Å². The van der Waals surface area contributed by atoms with E-state index in [2.05, 4.69) is 0 Å². The fraction of sp³-hybridized carbons (Fsp3) is 0.643. The van der Waals surface area contributed by atoms with Gasteiger partial charge in [0.25, 0.3) is 5.91 Å². The molecule has 0 spiro atoms. The van der Waals surface area contributed by atoms with Crippen molar-refractivity contribution in [1.29, 1.82) is 0 Å². The molecule has 2 fully saturated rings. The van der Waals surface area contributed by atoms with E-state index in [1.165, 1.54) is 10.4 Å². The molecule has 3 heterocycles. The average Bonchev–Trinajstić information content (AvgIpc) is 2.80. The van der Waals surface area contributed by atoms with Crippen molar-refractivity contribution in [3.05, 3.63) is 18.0 Å². The number of likely N-dealkylation sites (tertiary alicyclic amines) is 1. The standard InChI is InChI=1S/C14H21N3O3S/c1-15-11-12(10-13(15)14(18)16-6-5-7-16)21(19,20)17-8-3-2-4-9-17/h10-11H,2-9H2,1H3. The number of sulfonamides is 1. The molecule has 6 nitrogen and oxygen atoms in total. The molecule has 2 saturated heterocycles. The first-order chi connectivity index (χ1) is 10.00. The zero-order chi connectivity index (χ0) is 15.0. The van der Waals surface area contributed by atoms with Crippen molar-refractivity contribution in [2.45, 2.75) is 30.6 Å². The Morgan fingerprint density at radius 3 is 2.29 bits per heavy atom. The highest BCUT2D eigenvalue weighted by molar-refractivity contribution is 7.89. The molecular weight excluding hydrogens is 290 g/mol. The van der Waals surface area contributed by atoms with Crippen LogP contribution in [-0.2, 0) is 17.1 Å². The summed E-state index contributed by atoms with van der Waals surface area (Å²) in [6, 6.07) is 1.52. The Bertz CT molecular complexity index is 640. The van der Waals surface area contributed by atoms with Gasteiger partial charge in [0.2, 0.25) is 10.0 Å². The molecule has 1 aromatic rings. The minimum atomic E-state index is -3.47. The zero-order valence-electron chi connectivity index (χ0n) is 12.3. The van der Waals surface area contributed by atoms with Crippen molar-refractivity contribution in [3.63, 3.8) is 0 Å². The second-order valence-electron chi connectivity index (χ2n) is 5.78. The van der Waals surface area contributed by atoms with Gasteiger partial charge in [-0.25, -0.2) is 8.42 Å². The van der Waals surface area contributed by atoms with E-state index in [1.54, 1.807) is 22.7 Å². The third-order valence-corrected chi connectivity index (χ3v) is 6.16. The molecular formula is C14H21N3O3S. The first-order valence-corrected chi connectivity index (χ1v) is 8.90. The number of aryl methyl sites for hydroxylation is 1. The maximum absolute atomic E-state index is 12.6. The van der Waals surface area contributed by atoms with E-state index in [0.717, 1.165) is 38.8 Å². The summed E-state index contributed by atoms with van der Waals surface area (Å²) in [5.41, 5.74) is 0.449. The van der Waals surface area contributed by atoms with Gasteiger partial charge >= 0.3 is 0 Å². The quantitative estimate of drug-likeness (QED) is 0.838. The van der Waals surface area contributed by atoms with Crippen LogP contribution in [0.1, 0.15) is 36.2 Å². The van der Waals surface area contributed by atoms with Gasteiger partial charge in [-0.2, -0.15) is 4.31 Å². The van der Waals surface area contributed by atoms with Gasteiger partial charge < -0.3 is 9.47 Å². The predicted molar refractivity (Wildman–Crippen MR) is 78.5 cm³/mol. The van der Waals surface area contributed by atoms with Crippen LogP contribution in [0, 0.1) is 0 Å². The largest absolute Gasteiger partial charge is 0.345 e. The molecule has 0 atom stereocenters. The van der Waals surface area contributed by atoms with Gasteiger partial charge in [-0.1, -0.05) is 6.42 Å². The lowest BCUT2D eigenvalue weighted by atomic mass is 10.2. The first kappa shape index (κ1) is 14.6. The molecule has 7 heteroatoms. The number of piperidine rings is 1. The summed E-state index contributed by atoms with van der Waals surface area (Å²) in [5.74, 6) is -0.0798. The van der Waals surface area contributed by atoms with Crippen molar-refractivity contribution >= 4 is 15.9 Å². The third-order valence-electron chi connectivity index (χ3n) is 4.30. The van der Waals surface area contributed by atoms with Gasteiger partial charge in [0.1, 0.15) is 10.6 Å². The smallest absolute Gasteiger partial charge is 0.270 e. The lowest BCUT2D eigenvalue weighted by Crippen LogP contribution is -2.42. The van der Waals surface area contributed by atoms with Crippen molar-refractivity contribution < 1.29 is 13.2 Å². The van der Waals surface area contributed by atoms with Crippen molar-refractivity contribution in [1.82, 2.24) is 13.8 Å². The molecule has 0 saturated carbocycles. The number of amides is 1. The Labute approximate surface area is 125 Å². The van der Waals surface area contributed by atoms with Crippen LogP contribution >= 0.6 is 0 Å². The lowest BCUT2D eigenvalue weighted by molar-refractivity contribution is 0.0642. The Balaban J connectivity index is 1.87. The Morgan fingerprint density at radius 2 is 1.71 bits per heavy atom. The van der Waals surface area contributed by atoms with Crippen molar-refractivity contribution in [3.8, 4) is 0 Å². The summed E-state index contributed by atoms with van der Waals surface area (Å²) in [4.78, 5) is 14.2. The van der Waals surface area contributed by atoms with Gasteiger partial charge in [0.05, 0.1) is 0 Å². The van der Waals surface area contributed by atoms with E-state index in [1.807, 2.05) is 0 Å². The van der Waals surface area contributed by atoms with Crippen molar-refractivity contribution in [2.24, 2.45) is 7.05 Å². The molecule has 0 aromatic carbocycles. The third kappa shape index (κ3) is 2.60. The minimum Gasteiger partial charge on any atom is -0.345 e. The molecule has 0 aliphatic carbocycles. The van der Waals surface area contributed by atoms with Crippen LogP contribution in [0.15, 0.2) is 17.2 Å². The van der Waals surface area contributed by atoms with Crippen LogP contribution in [-0.4, -0.2) is 54.3 Å². The molecule has 21 heavy (non-hydrogen) atoms. The summed E-state index contributed by atoms with van der Waals surface area (Å²) in [5, 5.41) is 0. The Morgan fingerprint density at radius 1 is 1.05 bits per heavy atom. The minimum absolute atomic E-state index is 0.0798. The highest BCUT2D eigenvalue weighted by Crippen LogP contribution is 2.23. The average molecular weight is 311 g/mol. The number of carbonyl (C=O) groups is 1. The zero-order valence-corrected chi connectivity index (χ0v) is 13.1. The van der Waals surface area contributed by atoms with E-state index in [9.17, 15) is 13.2 Å². The fourth-order valence-electron chi connectivity index (χ4n) is 2.82. The number of rotatable bonds is 3. The molecule has 3 rings (SSSR count). The van der Waals surface area contributed by atoms with E-state index in [0.29, 0.717) is 18.8 Å². The summed E-state index contributed by atoms with van der Waals surface area (Å²) in [7, 11) is -1.75. The van der Waals surface area contributed by atoms with Gasteiger partial charge in [-0.15, -0.1) is 0 Å². The normalized spacial score (nSPS) is 20.3. The van der Waals surface area contributed by atoms with E-state index < -0.39 is 10.0 Å². The van der Waals surface area contributed by atoms with Crippen molar-refractivity contribution in [2.75, 3.05) is 26.2 Å². The van der Waals surface area contributed by atoms with Gasteiger partial charge in [-0.3, -0.25) is 4.79 Å². The second kappa shape index (κ2) is 5.46. The van der Waals surface area contributed by atoms with E-state index in [4.69, 9.17) is 0 Å². The molecule has 1 aromatic heterocycles. The maximum Gasteiger partial charge on any atom is 0.270 e. The van der Waals surface area contributed by atoms with Gasteiger partial charge in [-0.05, 0) is 25.3 Å². The number of hydrogen-bond donors (Lipinski definition) is 0. The summed E-state index contributed by atoms with van der Waals surface area (Å²) >= 11 is 0. The Hall–Kier alpha value is -1.34. The molecule has 0 bridgehead atoms. The number of hydrogen-bond acceptors (Lipinski definition) is 3. The SMILES string of the molecule is Cn1cc(S(=O)(=O)N2CCCCC2)cc1C(=O)N1CCC1. The van der Waals surface area contributed by atoms with Crippen LogP contribution in [0.2, 0.25) is 0 Å². The Kier molecular flexibility index (Phi) is 3.79. The summed E-state index contributed by atoms with van der Waals surface area (Å²) < 4.78 is 28.4. The van der Waals surface area contributed by atoms with Crippen LogP contribution in [0.3, 0.4) is 0 Å². The van der Waals surface area contributed by atoms with Crippen LogP contribution in [0.5, 0.6) is 0 Å². The number of carbonyl (C=O) groups excluding carboxylic acids is 1. The summed E-state index contributed by atoms with van der Waals surface area (Å²) in [6.45, 7) is 2.68. The maximum atomic E-state index is 12.6. The van der Waals surface area contributed by atoms with Gasteiger partial charge in [0, 0.05) is 39.4 Å². The second-order valence-corrected chi connectivity index (χ2v) is 7.72. The molecule has 1 amide bonds. The van der Waals surface area contributed by atoms with Gasteiger partial charge in [0.15, 0.2) is 0 Å². The van der Waals surface area contributed by atoms with E-state index >= 15 is 0 Å². The molecule has 116 valence electrons. The summed E-state index contributed by atoms with van der Waals surface area (Å²) in [6.07, 6.45) is 5.48. The molecule has 0 N–H and O–H groups in total. The number of aromatic nitrogens is 1. The van der Waals surface area contributed by atoms with Crippen LogP contribution < -0.4 is 0 Å². The highest BCUT2D eigenvalue weighted by Gasteiger charge is 2.30. The predicted octanol–water partition coefficient (Wildman–Crippen LogP) is 1.05. The van der Waals surface area contributed by atoms with E-state index in [-0.39, 0.29) is 10.8 Å². The number of nitrogens with zero attached hydrogens (tertiary/aromatic N) is 3. The van der Waals surface area contributed by atoms with Crippen LogP contribution in [0.4, 0.5) is 0 Å². The van der Waals surface area contributed by atoms with Crippen LogP contribution in [0.25, 0.3) is 0 Å². The molecule has 0 radical (unpaired) electrons. The molecule has 2 aliphatic rings. The lowest BCUT2D eigenvalue weighted by Gasteiger charge is -2.30. The molecule has 2 aliphatic heterocycles. The first-order valence-electron chi connectivity index (χ1n) is 7.46. The fourth-order valence-corrected chi connectivity index (χ4v) is 4.41. The molecule has 0 unspecified atom stereocenters.